The lowest BCUT2D eigenvalue weighted by atomic mass is 10.0. The van der Waals surface area contributed by atoms with Crippen molar-refractivity contribution < 1.29 is 9.53 Å². The summed E-state index contributed by atoms with van der Waals surface area (Å²) in [4.78, 5) is 12.2. The Bertz CT molecular complexity index is 451. The van der Waals surface area contributed by atoms with Crippen molar-refractivity contribution in [3.63, 3.8) is 0 Å². The number of ether oxygens (including phenoxy) is 1. The Morgan fingerprint density at radius 1 is 1.35 bits per heavy atom. The molecule has 0 fully saturated rings. The number of thioether (sulfide) groups is 1. The first-order valence-electron chi connectivity index (χ1n) is 6.78. The third kappa shape index (κ3) is 4.07. The van der Waals surface area contributed by atoms with Gasteiger partial charge in [-0.25, -0.2) is 0 Å². The molecule has 5 heteroatoms. The Balaban J connectivity index is 2.79. The first-order valence-corrected chi connectivity index (χ1v) is 8.00. The largest absolute Gasteiger partial charge is 0.497 e. The molecule has 1 aromatic carbocycles. The van der Waals surface area contributed by atoms with Crippen molar-refractivity contribution in [1.82, 2.24) is 5.32 Å². The molecule has 20 heavy (non-hydrogen) atoms. The number of benzene rings is 1. The van der Waals surface area contributed by atoms with E-state index in [1.165, 1.54) is 0 Å². The van der Waals surface area contributed by atoms with Gasteiger partial charge in [0.1, 0.15) is 5.75 Å². The summed E-state index contributed by atoms with van der Waals surface area (Å²) in [5, 5.41) is 3.00. The number of hydrogen-bond donors (Lipinski definition) is 2. The first kappa shape index (κ1) is 16.7. The fourth-order valence-corrected chi connectivity index (χ4v) is 2.87. The van der Waals surface area contributed by atoms with Crippen LogP contribution in [-0.2, 0) is 0 Å². The second kappa shape index (κ2) is 7.43. The molecule has 112 valence electrons. The number of amides is 1. The molecule has 0 saturated carbocycles. The van der Waals surface area contributed by atoms with E-state index in [1.807, 2.05) is 0 Å². The lowest BCUT2D eigenvalue weighted by Gasteiger charge is -2.29. The summed E-state index contributed by atoms with van der Waals surface area (Å²) in [5.74, 6) is 0.480. The topological polar surface area (TPSA) is 64.4 Å². The van der Waals surface area contributed by atoms with Crippen molar-refractivity contribution in [2.75, 3.05) is 25.6 Å². The van der Waals surface area contributed by atoms with Crippen LogP contribution in [0, 0.1) is 0 Å². The lowest BCUT2D eigenvalue weighted by molar-refractivity contribution is 0.0948. The van der Waals surface area contributed by atoms with E-state index in [0.29, 0.717) is 23.5 Å². The molecule has 1 rings (SSSR count). The molecule has 4 nitrogen and oxygen atoms in total. The molecule has 0 saturated heterocycles. The van der Waals surface area contributed by atoms with Crippen LogP contribution < -0.4 is 15.8 Å². The van der Waals surface area contributed by atoms with Crippen LogP contribution in [0.25, 0.3) is 0 Å². The van der Waals surface area contributed by atoms with Gasteiger partial charge < -0.3 is 15.8 Å². The van der Waals surface area contributed by atoms with Gasteiger partial charge in [-0.3, -0.25) is 4.79 Å². The number of nitrogen functional groups attached to an aromatic ring is 1. The molecule has 1 amide bonds. The van der Waals surface area contributed by atoms with Crippen LogP contribution in [0.3, 0.4) is 0 Å². The van der Waals surface area contributed by atoms with Gasteiger partial charge in [-0.2, -0.15) is 11.8 Å². The Hall–Kier alpha value is -1.36. The minimum absolute atomic E-state index is 0.0973. The van der Waals surface area contributed by atoms with Gasteiger partial charge in [0.25, 0.3) is 5.91 Å². The fourth-order valence-electron chi connectivity index (χ4n) is 2.08. The monoisotopic (exact) mass is 296 g/mol. The molecular weight excluding hydrogens is 272 g/mol. The second-order valence-corrected chi connectivity index (χ2v) is 6.05. The van der Waals surface area contributed by atoms with Crippen molar-refractivity contribution in [3.8, 4) is 5.75 Å². The van der Waals surface area contributed by atoms with E-state index in [0.717, 1.165) is 12.8 Å². The highest BCUT2D eigenvalue weighted by molar-refractivity contribution is 8.00. The number of carbonyl (C=O) groups is 1. The van der Waals surface area contributed by atoms with E-state index >= 15 is 0 Å². The number of carbonyl (C=O) groups excluding carboxylic acids is 1. The maximum Gasteiger partial charge on any atom is 0.251 e. The van der Waals surface area contributed by atoms with Crippen LogP contribution in [-0.4, -0.2) is 30.6 Å². The predicted octanol–water partition coefficient (Wildman–Crippen LogP) is 2.93. The van der Waals surface area contributed by atoms with E-state index < -0.39 is 0 Å². The number of nitrogens with one attached hydrogen (secondary N) is 1. The van der Waals surface area contributed by atoms with Gasteiger partial charge in [0.15, 0.2) is 0 Å². The number of hydrogen-bond acceptors (Lipinski definition) is 4. The third-order valence-corrected chi connectivity index (χ3v) is 5.31. The second-order valence-electron chi connectivity index (χ2n) is 4.77. The van der Waals surface area contributed by atoms with Crippen molar-refractivity contribution in [3.05, 3.63) is 23.8 Å². The average molecular weight is 296 g/mol. The van der Waals surface area contributed by atoms with Gasteiger partial charge in [0, 0.05) is 28.6 Å². The zero-order valence-electron chi connectivity index (χ0n) is 12.7. The fraction of sp³-hybridized carbons (Fsp3) is 0.533. The molecular formula is C15H24N2O2S. The van der Waals surface area contributed by atoms with Gasteiger partial charge in [0.05, 0.1) is 7.11 Å². The molecule has 0 aromatic heterocycles. The van der Waals surface area contributed by atoms with E-state index in [-0.39, 0.29) is 10.7 Å². The summed E-state index contributed by atoms with van der Waals surface area (Å²) in [7, 11) is 1.56. The van der Waals surface area contributed by atoms with Crippen LogP contribution in [0.2, 0.25) is 0 Å². The Morgan fingerprint density at radius 2 is 2.00 bits per heavy atom. The molecule has 1 aromatic rings. The quantitative estimate of drug-likeness (QED) is 0.759. The predicted molar refractivity (Wildman–Crippen MR) is 86.6 cm³/mol. The number of rotatable bonds is 7. The molecule has 0 unspecified atom stereocenters. The summed E-state index contributed by atoms with van der Waals surface area (Å²) in [6, 6.07) is 5.06. The minimum Gasteiger partial charge on any atom is -0.497 e. The van der Waals surface area contributed by atoms with Crippen LogP contribution in [0.5, 0.6) is 5.75 Å². The molecule has 0 atom stereocenters. The van der Waals surface area contributed by atoms with Crippen molar-refractivity contribution in [1.29, 1.82) is 0 Å². The zero-order valence-corrected chi connectivity index (χ0v) is 13.5. The summed E-state index contributed by atoms with van der Waals surface area (Å²) in [5.41, 5.74) is 6.83. The Labute approximate surface area is 125 Å². The van der Waals surface area contributed by atoms with Crippen molar-refractivity contribution in [2.24, 2.45) is 0 Å². The highest BCUT2D eigenvalue weighted by atomic mass is 32.2. The van der Waals surface area contributed by atoms with Gasteiger partial charge in [-0.15, -0.1) is 0 Å². The number of methoxy groups -OCH3 is 1. The van der Waals surface area contributed by atoms with Crippen LogP contribution in [0.15, 0.2) is 18.2 Å². The normalized spacial score (nSPS) is 11.2. The number of anilines is 1. The molecule has 3 N–H and O–H groups in total. The molecule has 0 aliphatic rings. The number of nitrogens with two attached hydrogens (primary N) is 1. The van der Waals surface area contributed by atoms with E-state index in [1.54, 1.807) is 37.1 Å². The van der Waals surface area contributed by atoms with Crippen LogP contribution in [0.1, 0.15) is 37.0 Å². The Morgan fingerprint density at radius 3 is 2.50 bits per heavy atom. The van der Waals surface area contributed by atoms with Crippen molar-refractivity contribution in [2.45, 2.75) is 31.4 Å². The summed E-state index contributed by atoms with van der Waals surface area (Å²) in [6.45, 7) is 4.95. The maximum absolute atomic E-state index is 12.2. The molecule has 0 spiro atoms. The molecule has 0 bridgehead atoms. The summed E-state index contributed by atoms with van der Waals surface area (Å²) >= 11 is 1.80. The SMILES string of the molecule is CCC(CC)(CNC(=O)c1cc(N)cc(OC)c1)SC. The van der Waals surface area contributed by atoms with Gasteiger partial charge >= 0.3 is 0 Å². The highest BCUT2D eigenvalue weighted by Gasteiger charge is 2.25. The molecule has 0 aliphatic carbocycles. The van der Waals surface area contributed by atoms with E-state index in [2.05, 4.69) is 25.4 Å². The highest BCUT2D eigenvalue weighted by Crippen LogP contribution is 2.29. The van der Waals surface area contributed by atoms with Crippen molar-refractivity contribution >= 4 is 23.4 Å². The molecule has 0 aliphatic heterocycles. The third-order valence-electron chi connectivity index (χ3n) is 3.72. The molecule has 0 radical (unpaired) electrons. The Kier molecular flexibility index (Phi) is 6.20. The van der Waals surface area contributed by atoms with E-state index in [9.17, 15) is 4.79 Å². The summed E-state index contributed by atoms with van der Waals surface area (Å²) < 4.78 is 5.23. The average Bonchev–Trinajstić information content (AvgIpc) is 2.48. The van der Waals surface area contributed by atoms with Gasteiger partial charge in [-0.05, 0) is 31.2 Å². The maximum atomic E-state index is 12.2. The van der Waals surface area contributed by atoms with Gasteiger partial charge in [-0.1, -0.05) is 13.8 Å². The minimum atomic E-state index is -0.115. The first-order chi connectivity index (χ1) is 9.50. The molecule has 0 heterocycles. The van der Waals surface area contributed by atoms with E-state index in [4.69, 9.17) is 10.5 Å². The van der Waals surface area contributed by atoms with Crippen LogP contribution >= 0.6 is 11.8 Å². The smallest absolute Gasteiger partial charge is 0.251 e. The van der Waals surface area contributed by atoms with Crippen LogP contribution in [0.4, 0.5) is 5.69 Å². The lowest BCUT2D eigenvalue weighted by Crippen LogP contribution is -2.39. The summed E-state index contributed by atoms with van der Waals surface area (Å²) in [6.07, 6.45) is 4.12. The van der Waals surface area contributed by atoms with Gasteiger partial charge in [0.2, 0.25) is 0 Å². The standard InChI is InChI=1S/C15H24N2O2S/c1-5-15(6-2,20-4)10-17-14(18)11-7-12(16)9-13(8-11)19-3/h7-9H,5-6,10,16H2,1-4H3,(H,17,18). The zero-order chi connectivity index (χ0) is 15.2.